The predicted molar refractivity (Wildman–Crippen MR) is 34.8 cm³/mol. The van der Waals surface area contributed by atoms with Gasteiger partial charge in [0.2, 0.25) is 0 Å². The van der Waals surface area contributed by atoms with E-state index in [0.29, 0.717) is 0 Å². The van der Waals surface area contributed by atoms with Gasteiger partial charge in [0.05, 0.1) is 0 Å². The first-order chi connectivity index (χ1) is 5.29. The highest BCUT2D eigenvalue weighted by Crippen LogP contribution is 2.25. The van der Waals surface area contributed by atoms with Crippen LogP contribution in [0.2, 0.25) is 0 Å². The van der Waals surface area contributed by atoms with Gasteiger partial charge in [0, 0.05) is 0 Å². The van der Waals surface area contributed by atoms with Crippen LogP contribution in [0, 0.1) is 0 Å². The van der Waals surface area contributed by atoms with Crippen LogP contribution in [0.3, 0.4) is 0 Å². The molecule has 0 bridgehead atoms. The number of hydrogen-bond acceptors (Lipinski definition) is 5. The maximum absolute atomic E-state index is 9.14. The van der Waals surface area contributed by atoms with E-state index in [2.05, 4.69) is 4.99 Å². The van der Waals surface area contributed by atoms with Crippen molar-refractivity contribution in [2.75, 3.05) is 0 Å². The summed E-state index contributed by atoms with van der Waals surface area (Å²) in [5.74, 6) is -0.631. The molecule has 0 fully saturated rings. The first-order valence-corrected chi connectivity index (χ1v) is 2.95. The molecule has 5 nitrogen and oxygen atoms in total. The zero-order valence-electron chi connectivity index (χ0n) is 5.39. The number of ether oxygens (including phenoxy) is 2. The Kier molecular flexibility index (Phi) is 1.06. The zero-order chi connectivity index (χ0) is 7.84. The summed E-state index contributed by atoms with van der Waals surface area (Å²) in [5.41, 5.74) is 0.199. The van der Waals surface area contributed by atoms with Gasteiger partial charge in [-0.1, -0.05) is 0 Å². The van der Waals surface area contributed by atoms with Gasteiger partial charge in [-0.15, -0.1) is 0 Å². The lowest BCUT2D eigenvalue weighted by atomic mass is 10.3. The van der Waals surface area contributed by atoms with Crippen molar-refractivity contribution in [2.24, 2.45) is 4.99 Å². The Morgan fingerprint density at radius 2 is 2.18 bits per heavy atom. The van der Waals surface area contributed by atoms with Crippen molar-refractivity contribution < 1.29 is 19.7 Å². The van der Waals surface area contributed by atoms with E-state index in [9.17, 15) is 0 Å². The average molecular weight is 155 g/mol. The lowest BCUT2D eigenvalue weighted by molar-refractivity contribution is -0.00740. The highest BCUT2D eigenvalue weighted by Gasteiger charge is 2.29. The molecule has 58 valence electrons. The van der Waals surface area contributed by atoms with Crippen LogP contribution in [0.4, 0.5) is 0 Å². The molecule has 2 aliphatic rings. The summed E-state index contributed by atoms with van der Waals surface area (Å²) in [6.45, 7) is 0. The fraction of sp³-hybridized carbons (Fsp3) is 0.167. The molecule has 0 saturated heterocycles. The lowest BCUT2D eigenvalue weighted by Gasteiger charge is -2.15. The highest BCUT2D eigenvalue weighted by atomic mass is 16.7. The summed E-state index contributed by atoms with van der Waals surface area (Å²) < 4.78 is 9.60. The van der Waals surface area contributed by atoms with Crippen molar-refractivity contribution in [3.63, 3.8) is 0 Å². The van der Waals surface area contributed by atoms with Gasteiger partial charge in [0.1, 0.15) is 6.26 Å². The summed E-state index contributed by atoms with van der Waals surface area (Å²) in [6.07, 6.45) is 1.46. The predicted octanol–water partition coefficient (Wildman–Crippen LogP) is 0.570. The van der Waals surface area contributed by atoms with E-state index >= 15 is 0 Å². The maximum atomic E-state index is 9.14. The largest absolute Gasteiger partial charge is 0.503 e. The molecule has 0 aromatic heterocycles. The minimum absolute atomic E-state index is 0.199. The van der Waals surface area contributed by atoms with E-state index in [-0.39, 0.29) is 17.2 Å². The highest BCUT2D eigenvalue weighted by molar-refractivity contribution is 5.55. The molecule has 5 heteroatoms. The van der Waals surface area contributed by atoms with Crippen LogP contribution in [0.1, 0.15) is 0 Å². The Hall–Kier alpha value is -1.65. The van der Waals surface area contributed by atoms with E-state index in [4.69, 9.17) is 19.7 Å². The fourth-order valence-corrected chi connectivity index (χ4v) is 0.850. The first kappa shape index (κ1) is 6.09. The second kappa shape index (κ2) is 1.91. The van der Waals surface area contributed by atoms with E-state index in [0.717, 1.165) is 12.7 Å². The average Bonchev–Trinajstić information content (AvgIpc) is 2.45. The third-order valence-electron chi connectivity index (χ3n) is 1.39. The molecule has 0 amide bonds. The van der Waals surface area contributed by atoms with Gasteiger partial charge in [0.15, 0.2) is 23.6 Å². The molecule has 2 heterocycles. The van der Waals surface area contributed by atoms with Crippen molar-refractivity contribution in [3.8, 4) is 0 Å². The minimum atomic E-state index is -0.703. The molecule has 0 saturated carbocycles. The van der Waals surface area contributed by atoms with Gasteiger partial charge < -0.3 is 19.7 Å². The monoisotopic (exact) mass is 155 g/mol. The smallest absolute Gasteiger partial charge is 0.288 e. The van der Waals surface area contributed by atoms with E-state index in [1.54, 1.807) is 0 Å². The normalized spacial score (nSPS) is 27.3. The second-order valence-electron chi connectivity index (χ2n) is 2.08. The minimum Gasteiger partial charge on any atom is -0.503 e. The number of hydrogen-bond donors (Lipinski definition) is 2. The van der Waals surface area contributed by atoms with Crippen LogP contribution in [0.5, 0.6) is 0 Å². The molecule has 2 rings (SSSR count). The maximum Gasteiger partial charge on any atom is 0.288 e. The van der Waals surface area contributed by atoms with E-state index < -0.39 is 6.29 Å². The van der Waals surface area contributed by atoms with Gasteiger partial charge in [-0.25, -0.2) is 4.99 Å². The molecule has 2 N–H and O–H groups in total. The molecular weight excluding hydrogens is 150 g/mol. The molecule has 0 radical (unpaired) electrons. The number of nitrogens with zero attached hydrogens (tertiary/aromatic N) is 1. The van der Waals surface area contributed by atoms with Crippen LogP contribution < -0.4 is 0 Å². The number of aliphatic hydroxyl groups excluding tert-OH is 2. The van der Waals surface area contributed by atoms with Gasteiger partial charge in [-0.3, -0.25) is 0 Å². The quantitative estimate of drug-likeness (QED) is 0.536. The van der Waals surface area contributed by atoms with Crippen LogP contribution in [0.25, 0.3) is 0 Å². The Morgan fingerprint density at radius 1 is 1.36 bits per heavy atom. The molecule has 0 aromatic rings. The summed E-state index contributed by atoms with van der Waals surface area (Å²) in [4.78, 5) is 3.65. The third kappa shape index (κ3) is 0.739. The second-order valence-corrected chi connectivity index (χ2v) is 2.08. The molecule has 1 unspecified atom stereocenters. The molecule has 0 aliphatic carbocycles. The van der Waals surface area contributed by atoms with Crippen LogP contribution >= 0.6 is 0 Å². The van der Waals surface area contributed by atoms with Gasteiger partial charge in [-0.05, 0) is 0 Å². The summed E-state index contributed by atoms with van der Waals surface area (Å²) >= 11 is 0. The lowest BCUT2D eigenvalue weighted by Crippen LogP contribution is -2.17. The molecule has 0 aromatic carbocycles. The number of aliphatic imine (C=N–C) groups is 1. The van der Waals surface area contributed by atoms with Gasteiger partial charge in [0.25, 0.3) is 6.29 Å². The molecule has 1 atom stereocenters. The van der Waals surface area contributed by atoms with E-state index in [1.165, 1.54) is 0 Å². The summed E-state index contributed by atoms with van der Waals surface area (Å²) in [6, 6.07) is 0. The first-order valence-electron chi connectivity index (χ1n) is 2.95. The molecule has 11 heavy (non-hydrogen) atoms. The summed E-state index contributed by atoms with van der Waals surface area (Å²) in [5, 5.41) is 18.1. The van der Waals surface area contributed by atoms with Crippen LogP contribution in [0.15, 0.2) is 28.5 Å². The SMILES string of the molecule is OC1=COC2OC=NC2=C1O. The third-order valence-corrected chi connectivity index (χ3v) is 1.39. The number of fused-ring (bicyclic) bond motifs is 1. The number of aliphatic hydroxyl groups is 2. The topological polar surface area (TPSA) is 71.3 Å². The van der Waals surface area contributed by atoms with Crippen molar-refractivity contribution >= 4 is 6.40 Å². The van der Waals surface area contributed by atoms with Crippen molar-refractivity contribution in [2.45, 2.75) is 6.29 Å². The molecule has 2 aliphatic heterocycles. The molecular formula is C6H5NO4. The van der Waals surface area contributed by atoms with Gasteiger partial charge >= 0.3 is 0 Å². The Bertz CT molecular complexity index is 278. The fourth-order valence-electron chi connectivity index (χ4n) is 0.850. The number of rotatable bonds is 0. The Balaban J connectivity index is 2.43. The Morgan fingerprint density at radius 3 is 3.00 bits per heavy atom. The zero-order valence-corrected chi connectivity index (χ0v) is 5.39. The van der Waals surface area contributed by atoms with Crippen LogP contribution in [-0.4, -0.2) is 22.9 Å². The van der Waals surface area contributed by atoms with E-state index in [1.807, 2.05) is 0 Å². The van der Waals surface area contributed by atoms with Gasteiger partial charge in [-0.2, -0.15) is 0 Å². The summed E-state index contributed by atoms with van der Waals surface area (Å²) in [7, 11) is 0. The van der Waals surface area contributed by atoms with Crippen LogP contribution in [-0.2, 0) is 9.47 Å². The van der Waals surface area contributed by atoms with Crippen molar-refractivity contribution in [1.29, 1.82) is 0 Å². The molecule has 0 spiro atoms. The van der Waals surface area contributed by atoms with Crippen molar-refractivity contribution in [1.82, 2.24) is 0 Å². The van der Waals surface area contributed by atoms with Crippen molar-refractivity contribution in [3.05, 3.63) is 23.5 Å². The Labute approximate surface area is 61.9 Å². The standard InChI is InChI=1S/C6H5NO4/c8-3-1-10-6-4(5(3)9)7-2-11-6/h1-2,6,8-9H.